The minimum Gasteiger partial charge on any atom is -0.273 e. The summed E-state index contributed by atoms with van der Waals surface area (Å²) in [4.78, 5) is 0.261. The Hall–Kier alpha value is -2.45. The average Bonchev–Trinajstić information content (AvgIpc) is 3.28. The van der Waals surface area contributed by atoms with Crippen molar-refractivity contribution in [2.45, 2.75) is 58.8 Å². The lowest BCUT2D eigenvalue weighted by atomic mass is 10.2. The number of hydrogen-bond acceptors (Lipinski definition) is 4. The van der Waals surface area contributed by atoms with E-state index >= 15 is 0 Å². The highest BCUT2D eigenvalue weighted by molar-refractivity contribution is 7.89. The highest BCUT2D eigenvalue weighted by atomic mass is 32.2. The van der Waals surface area contributed by atoms with Crippen molar-refractivity contribution >= 4 is 10.0 Å². The molecule has 0 atom stereocenters. The van der Waals surface area contributed by atoms with Gasteiger partial charge in [-0.25, -0.2) is 8.42 Å². The van der Waals surface area contributed by atoms with Crippen LogP contribution < -0.4 is 0 Å². The van der Waals surface area contributed by atoms with E-state index in [1.165, 1.54) is 4.31 Å². The first-order chi connectivity index (χ1) is 13.8. The zero-order valence-corrected chi connectivity index (χ0v) is 18.3. The molecule has 0 spiro atoms. The largest absolute Gasteiger partial charge is 0.273 e. The molecule has 0 N–H and O–H groups in total. The number of aromatic nitrogens is 4. The summed E-state index contributed by atoms with van der Waals surface area (Å²) in [5.41, 5.74) is 2.32. The van der Waals surface area contributed by atoms with Crippen LogP contribution in [0.2, 0.25) is 0 Å². The van der Waals surface area contributed by atoms with Crippen LogP contribution in [-0.4, -0.2) is 32.3 Å². The molecule has 3 aromatic rings. The van der Waals surface area contributed by atoms with Gasteiger partial charge >= 0.3 is 0 Å². The summed E-state index contributed by atoms with van der Waals surface area (Å²) in [5.74, 6) is 0.380. The SMILES string of the molecule is CCn1cc(CN(Cc2ccccc2)S(=O)(=O)c2cn(CC(C)C)nc2C)cn1. The Morgan fingerprint density at radius 3 is 2.34 bits per heavy atom. The predicted octanol–water partition coefficient (Wildman–Crippen LogP) is 3.46. The molecule has 1 aromatic carbocycles. The van der Waals surface area contributed by atoms with E-state index in [0.29, 0.717) is 18.2 Å². The second-order valence-corrected chi connectivity index (χ2v) is 9.56. The van der Waals surface area contributed by atoms with Crippen LogP contribution in [0.3, 0.4) is 0 Å². The van der Waals surface area contributed by atoms with Gasteiger partial charge in [-0.1, -0.05) is 44.2 Å². The number of rotatable bonds is 9. The standard InChI is InChI=1S/C21H29N5O2S/c1-5-24-13-20(11-22-24)15-26(14-19-9-7-6-8-10-19)29(27,28)21-16-25(12-17(2)3)23-18(21)4/h6-11,13,16-17H,5,12,14-15H2,1-4H3. The second kappa shape index (κ2) is 8.92. The van der Waals surface area contributed by atoms with Crippen molar-refractivity contribution in [1.29, 1.82) is 0 Å². The zero-order chi connectivity index (χ0) is 21.0. The molecule has 0 saturated carbocycles. The molecule has 0 fully saturated rings. The van der Waals surface area contributed by atoms with Crippen LogP contribution in [0.1, 0.15) is 37.6 Å². The summed E-state index contributed by atoms with van der Waals surface area (Å²) >= 11 is 0. The van der Waals surface area contributed by atoms with Gasteiger partial charge in [0.05, 0.1) is 11.9 Å². The normalized spacial score (nSPS) is 12.2. The van der Waals surface area contributed by atoms with E-state index in [0.717, 1.165) is 17.7 Å². The molecule has 2 aromatic heterocycles. The predicted molar refractivity (Wildman–Crippen MR) is 113 cm³/mol. The van der Waals surface area contributed by atoms with Crippen LogP contribution >= 0.6 is 0 Å². The monoisotopic (exact) mass is 415 g/mol. The first-order valence-electron chi connectivity index (χ1n) is 9.89. The summed E-state index contributed by atoms with van der Waals surface area (Å²) in [6, 6.07) is 9.64. The summed E-state index contributed by atoms with van der Waals surface area (Å²) in [6.07, 6.45) is 5.27. The molecular weight excluding hydrogens is 386 g/mol. The average molecular weight is 416 g/mol. The molecule has 0 unspecified atom stereocenters. The van der Waals surface area contributed by atoms with Gasteiger partial charge in [0, 0.05) is 44.1 Å². The lowest BCUT2D eigenvalue weighted by Crippen LogP contribution is -2.30. The fourth-order valence-corrected chi connectivity index (χ4v) is 4.82. The van der Waals surface area contributed by atoms with Crippen molar-refractivity contribution in [2.75, 3.05) is 0 Å². The fraction of sp³-hybridized carbons (Fsp3) is 0.429. The summed E-state index contributed by atoms with van der Waals surface area (Å²) in [6.45, 7) is 9.88. The van der Waals surface area contributed by atoms with Crippen molar-refractivity contribution in [3.63, 3.8) is 0 Å². The van der Waals surface area contributed by atoms with E-state index in [9.17, 15) is 8.42 Å². The summed E-state index contributed by atoms with van der Waals surface area (Å²) < 4.78 is 32.2. The Morgan fingerprint density at radius 1 is 1.03 bits per heavy atom. The molecule has 0 bridgehead atoms. The Kier molecular flexibility index (Phi) is 6.54. The van der Waals surface area contributed by atoms with Gasteiger partial charge in [-0.3, -0.25) is 9.36 Å². The van der Waals surface area contributed by atoms with E-state index in [2.05, 4.69) is 24.0 Å². The molecule has 0 saturated heterocycles. The van der Waals surface area contributed by atoms with E-state index in [4.69, 9.17) is 0 Å². The lowest BCUT2D eigenvalue weighted by Gasteiger charge is -2.21. The second-order valence-electron chi connectivity index (χ2n) is 7.66. The molecule has 0 aliphatic rings. The molecule has 8 heteroatoms. The minimum atomic E-state index is -3.73. The Morgan fingerprint density at radius 2 is 1.72 bits per heavy atom. The topological polar surface area (TPSA) is 73.0 Å². The van der Waals surface area contributed by atoms with Gasteiger partial charge in [0.1, 0.15) is 4.90 Å². The molecule has 3 rings (SSSR count). The van der Waals surface area contributed by atoms with Gasteiger partial charge in [-0.2, -0.15) is 14.5 Å². The van der Waals surface area contributed by atoms with E-state index < -0.39 is 10.0 Å². The molecule has 29 heavy (non-hydrogen) atoms. The van der Waals surface area contributed by atoms with E-state index in [1.54, 1.807) is 28.7 Å². The highest BCUT2D eigenvalue weighted by Gasteiger charge is 2.29. The third-order valence-electron chi connectivity index (χ3n) is 4.64. The summed E-state index contributed by atoms with van der Waals surface area (Å²) in [7, 11) is -3.73. The first-order valence-corrected chi connectivity index (χ1v) is 11.3. The first kappa shape index (κ1) is 21.3. The van der Waals surface area contributed by atoms with Gasteiger partial charge in [0.2, 0.25) is 10.0 Å². The maximum atomic E-state index is 13.6. The third-order valence-corrected chi connectivity index (χ3v) is 6.54. The van der Waals surface area contributed by atoms with Gasteiger partial charge in [-0.05, 0) is 25.3 Å². The van der Waals surface area contributed by atoms with Crippen LogP contribution in [-0.2, 0) is 36.2 Å². The van der Waals surface area contributed by atoms with Crippen LogP contribution in [0.4, 0.5) is 0 Å². The Balaban J connectivity index is 1.96. The molecule has 2 heterocycles. The number of aryl methyl sites for hydroxylation is 2. The van der Waals surface area contributed by atoms with Crippen molar-refractivity contribution in [1.82, 2.24) is 23.9 Å². The number of benzene rings is 1. The molecule has 7 nitrogen and oxygen atoms in total. The van der Waals surface area contributed by atoms with E-state index in [-0.39, 0.29) is 18.0 Å². The smallest absolute Gasteiger partial charge is 0.247 e. The van der Waals surface area contributed by atoms with Crippen LogP contribution in [0, 0.1) is 12.8 Å². The molecule has 0 amide bonds. The van der Waals surface area contributed by atoms with Gasteiger partial charge in [0.15, 0.2) is 0 Å². The zero-order valence-electron chi connectivity index (χ0n) is 17.5. The molecule has 0 aliphatic carbocycles. The van der Waals surface area contributed by atoms with Gasteiger partial charge in [0.25, 0.3) is 0 Å². The van der Waals surface area contributed by atoms with Crippen molar-refractivity contribution in [3.05, 3.63) is 65.7 Å². The molecule has 0 aliphatic heterocycles. The van der Waals surface area contributed by atoms with Gasteiger partial charge in [-0.15, -0.1) is 0 Å². The van der Waals surface area contributed by atoms with Gasteiger partial charge < -0.3 is 0 Å². The maximum absolute atomic E-state index is 13.6. The van der Waals surface area contributed by atoms with Crippen molar-refractivity contribution in [2.24, 2.45) is 5.92 Å². The van der Waals surface area contributed by atoms with Crippen LogP contribution in [0.5, 0.6) is 0 Å². The number of sulfonamides is 1. The summed E-state index contributed by atoms with van der Waals surface area (Å²) in [5, 5.41) is 8.71. The van der Waals surface area contributed by atoms with Crippen molar-refractivity contribution < 1.29 is 8.42 Å². The quantitative estimate of drug-likeness (QED) is 0.536. The number of hydrogen-bond donors (Lipinski definition) is 0. The molecular formula is C21H29N5O2S. The third kappa shape index (κ3) is 5.13. The minimum absolute atomic E-state index is 0.256. The van der Waals surface area contributed by atoms with Crippen molar-refractivity contribution in [3.8, 4) is 0 Å². The maximum Gasteiger partial charge on any atom is 0.247 e. The molecule has 0 radical (unpaired) electrons. The van der Waals surface area contributed by atoms with Crippen LogP contribution in [0.25, 0.3) is 0 Å². The number of nitrogens with zero attached hydrogens (tertiary/aromatic N) is 5. The van der Waals surface area contributed by atoms with Crippen LogP contribution in [0.15, 0.2) is 53.8 Å². The van der Waals surface area contributed by atoms with E-state index in [1.807, 2.05) is 43.5 Å². The molecule has 156 valence electrons. The fourth-order valence-electron chi connectivity index (χ4n) is 3.24. The lowest BCUT2D eigenvalue weighted by molar-refractivity contribution is 0.400. The Bertz CT molecular complexity index is 1040. The Labute approximate surface area is 173 Å². The highest BCUT2D eigenvalue weighted by Crippen LogP contribution is 2.23.